The van der Waals surface area contributed by atoms with E-state index >= 15 is 0 Å². The molecule has 1 aromatic heterocycles. The van der Waals surface area contributed by atoms with Crippen molar-refractivity contribution in [1.29, 1.82) is 0 Å². The molecule has 2 aromatic rings. The highest BCUT2D eigenvalue weighted by atomic mass is 16.5. The lowest BCUT2D eigenvalue weighted by Gasteiger charge is -2.41. The average Bonchev–Trinajstić information content (AvgIpc) is 3.11. The van der Waals surface area contributed by atoms with E-state index in [0.29, 0.717) is 19.1 Å². The highest BCUT2D eigenvalue weighted by molar-refractivity contribution is 5.85. The van der Waals surface area contributed by atoms with Crippen molar-refractivity contribution in [3.63, 3.8) is 0 Å². The van der Waals surface area contributed by atoms with Gasteiger partial charge in [0.2, 0.25) is 0 Å². The molecular weight excluding hydrogens is 332 g/mol. The molecule has 1 N–H and O–H groups in total. The summed E-state index contributed by atoms with van der Waals surface area (Å²) in [5, 5.41) is 3.30. The number of carbonyl (C=O) groups is 1. The van der Waals surface area contributed by atoms with E-state index in [4.69, 9.17) is 9.15 Å². The van der Waals surface area contributed by atoms with Gasteiger partial charge in [0.15, 0.2) is 5.58 Å². The molecule has 4 rings (SSSR count). The van der Waals surface area contributed by atoms with Crippen molar-refractivity contribution in [3.05, 3.63) is 23.8 Å². The third-order valence-electron chi connectivity index (χ3n) is 5.56. The number of piperazine rings is 1. The number of hydrogen-bond acceptors (Lipinski definition) is 6. The smallest absolute Gasteiger partial charge is 0.298 e. The van der Waals surface area contributed by atoms with E-state index in [1.165, 1.54) is 5.56 Å². The third kappa shape index (κ3) is 3.05. The number of oxazole rings is 1. The van der Waals surface area contributed by atoms with Gasteiger partial charge in [0, 0.05) is 33.3 Å². The zero-order valence-corrected chi connectivity index (χ0v) is 15.5. The number of methoxy groups -OCH3 is 1. The molecule has 140 valence electrons. The number of fused-ring (bicyclic) bond motifs is 1. The molecule has 2 fully saturated rings. The van der Waals surface area contributed by atoms with Crippen LogP contribution in [0, 0.1) is 6.92 Å². The van der Waals surface area contributed by atoms with Crippen LogP contribution < -0.4 is 10.2 Å². The maximum absolute atomic E-state index is 13.0. The first kappa shape index (κ1) is 17.3. The van der Waals surface area contributed by atoms with Crippen molar-refractivity contribution in [2.24, 2.45) is 0 Å². The normalized spacial score (nSPS) is 20.5. The zero-order chi connectivity index (χ0) is 18.1. The van der Waals surface area contributed by atoms with Gasteiger partial charge in [0.05, 0.1) is 0 Å². The molecule has 0 radical (unpaired) electrons. The predicted molar refractivity (Wildman–Crippen MR) is 99.4 cm³/mol. The lowest BCUT2D eigenvalue weighted by Crippen LogP contribution is -2.59. The molecule has 0 saturated carbocycles. The molecule has 1 amide bonds. The van der Waals surface area contributed by atoms with Crippen molar-refractivity contribution >= 4 is 23.0 Å². The average molecular weight is 358 g/mol. The number of anilines is 1. The molecule has 1 aromatic carbocycles. The van der Waals surface area contributed by atoms with Crippen LogP contribution in [0.2, 0.25) is 0 Å². The van der Waals surface area contributed by atoms with Crippen LogP contribution in [0.4, 0.5) is 6.01 Å². The summed E-state index contributed by atoms with van der Waals surface area (Å²) in [5.74, 6) is 0.120. The van der Waals surface area contributed by atoms with Gasteiger partial charge < -0.3 is 24.3 Å². The number of aromatic nitrogens is 1. The fourth-order valence-electron chi connectivity index (χ4n) is 3.89. The Kier molecular flexibility index (Phi) is 4.58. The van der Waals surface area contributed by atoms with Gasteiger partial charge in [-0.25, -0.2) is 0 Å². The number of nitrogens with one attached hydrogen (secondary N) is 1. The largest absolute Gasteiger partial charge is 0.423 e. The Morgan fingerprint density at radius 2 is 1.96 bits per heavy atom. The van der Waals surface area contributed by atoms with Crippen molar-refractivity contribution in [3.8, 4) is 0 Å². The van der Waals surface area contributed by atoms with Crippen molar-refractivity contribution in [2.45, 2.75) is 25.4 Å². The fourth-order valence-corrected chi connectivity index (χ4v) is 3.89. The second-order valence-corrected chi connectivity index (χ2v) is 7.20. The molecule has 0 aliphatic carbocycles. The second-order valence-electron chi connectivity index (χ2n) is 7.20. The van der Waals surface area contributed by atoms with Crippen LogP contribution in [-0.4, -0.2) is 67.8 Å². The molecule has 0 atom stereocenters. The maximum Gasteiger partial charge on any atom is 0.298 e. The molecule has 7 heteroatoms. The lowest BCUT2D eigenvalue weighted by atomic mass is 9.90. The van der Waals surface area contributed by atoms with Crippen LogP contribution in [0.15, 0.2) is 22.6 Å². The molecule has 3 heterocycles. The number of hydrogen-bond donors (Lipinski definition) is 1. The molecule has 0 spiro atoms. The van der Waals surface area contributed by atoms with Crippen molar-refractivity contribution in [1.82, 2.24) is 15.2 Å². The predicted octanol–water partition coefficient (Wildman–Crippen LogP) is 1.55. The molecule has 7 nitrogen and oxygen atoms in total. The van der Waals surface area contributed by atoms with Gasteiger partial charge in [-0.2, -0.15) is 4.98 Å². The Balaban J connectivity index is 1.43. The van der Waals surface area contributed by atoms with Crippen molar-refractivity contribution < 1.29 is 13.9 Å². The number of nitrogens with zero attached hydrogens (tertiary/aromatic N) is 3. The molecule has 2 aliphatic rings. The van der Waals surface area contributed by atoms with Gasteiger partial charge in [0.1, 0.15) is 11.1 Å². The van der Waals surface area contributed by atoms with E-state index < -0.39 is 5.60 Å². The number of benzene rings is 1. The molecule has 26 heavy (non-hydrogen) atoms. The summed E-state index contributed by atoms with van der Waals surface area (Å²) in [7, 11) is 1.65. The van der Waals surface area contributed by atoms with E-state index in [1.807, 2.05) is 30.0 Å². The monoisotopic (exact) mass is 358 g/mol. The standard InChI is InChI=1S/C19H26N4O3/c1-14-3-4-16-15(13-14)21-18(26-16)23-11-9-22(10-12-23)17(24)19(25-2)5-7-20-8-6-19/h3-4,13,20H,5-12H2,1-2H3. The van der Waals surface area contributed by atoms with E-state index in [0.717, 1.165) is 50.1 Å². The van der Waals surface area contributed by atoms with Gasteiger partial charge in [-0.1, -0.05) is 6.07 Å². The number of ether oxygens (including phenoxy) is 1. The third-order valence-corrected chi connectivity index (χ3v) is 5.56. The maximum atomic E-state index is 13.0. The Morgan fingerprint density at radius 3 is 2.65 bits per heavy atom. The first-order valence-corrected chi connectivity index (χ1v) is 9.29. The molecule has 0 unspecified atom stereocenters. The van der Waals surface area contributed by atoms with Crippen molar-refractivity contribution in [2.75, 3.05) is 51.3 Å². The minimum Gasteiger partial charge on any atom is -0.423 e. The van der Waals surface area contributed by atoms with Crippen LogP contribution in [-0.2, 0) is 9.53 Å². The van der Waals surface area contributed by atoms with Crippen LogP contribution >= 0.6 is 0 Å². The van der Waals surface area contributed by atoms with Crippen LogP contribution in [0.5, 0.6) is 0 Å². The van der Waals surface area contributed by atoms with E-state index in [2.05, 4.69) is 15.2 Å². The van der Waals surface area contributed by atoms with Crippen LogP contribution in [0.3, 0.4) is 0 Å². The Hall–Kier alpha value is -2.12. The number of piperidine rings is 1. The van der Waals surface area contributed by atoms with E-state index in [9.17, 15) is 4.79 Å². The summed E-state index contributed by atoms with van der Waals surface area (Å²) in [6, 6.07) is 6.65. The number of carbonyl (C=O) groups excluding carboxylic acids is 1. The quantitative estimate of drug-likeness (QED) is 0.898. The van der Waals surface area contributed by atoms with Gasteiger partial charge in [-0.15, -0.1) is 0 Å². The van der Waals surface area contributed by atoms with Gasteiger partial charge >= 0.3 is 0 Å². The highest BCUT2D eigenvalue weighted by Gasteiger charge is 2.43. The summed E-state index contributed by atoms with van der Waals surface area (Å²) in [6.45, 7) is 6.45. The lowest BCUT2D eigenvalue weighted by molar-refractivity contribution is -0.158. The second kappa shape index (κ2) is 6.89. The summed E-state index contributed by atoms with van der Waals surface area (Å²) in [5.41, 5.74) is 2.19. The first-order chi connectivity index (χ1) is 12.6. The fraction of sp³-hybridized carbons (Fsp3) is 0.579. The molecule has 2 saturated heterocycles. The SMILES string of the molecule is COC1(C(=O)N2CCN(c3nc4cc(C)ccc4o3)CC2)CCNCC1. The topological polar surface area (TPSA) is 70.8 Å². The zero-order valence-electron chi connectivity index (χ0n) is 15.5. The summed E-state index contributed by atoms with van der Waals surface area (Å²) in [4.78, 5) is 21.7. The van der Waals surface area contributed by atoms with Gasteiger partial charge in [-0.3, -0.25) is 4.79 Å². The Bertz CT molecular complexity index is 789. The van der Waals surface area contributed by atoms with Crippen LogP contribution in [0.1, 0.15) is 18.4 Å². The summed E-state index contributed by atoms with van der Waals surface area (Å²) in [6.07, 6.45) is 1.46. The Labute approximate surface area is 153 Å². The van der Waals surface area contributed by atoms with Gasteiger partial charge in [-0.05, 0) is 50.6 Å². The minimum atomic E-state index is -0.664. The van der Waals surface area contributed by atoms with E-state index in [1.54, 1.807) is 7.11 Å². The molecular formula is C19H26N4O3. The number of amides is 1. The van der Waals surface area contributed by atoms with E-state index in [-0.39, 0.29) is 5.91 Å². The first-order valence-electron chi connectivity index (χ1n) is 9.29. The van der Waals surface area contributed by atoms with Gasteiger partial charge in [0.25, 0.3) is 11.9 Å². The highest BCUT2D eigenvalue weighted by Crippen LogP contribution is 2.27. The molecule has 0 bridgehead atoms. The number of aryl methyl sites for hydroxylation is 1. The minimum absolute atomic E-state index is 0.120. The number of rotatable bonds is 3. The summed E-state index contributed by atoms with van der Waals surface area (Å²) < 4.78 is 11.6. The molecule has 2 aliphatic heterocycles. The summed E-state index contributed by atoms with van der Waals surface area (Å²) >= 11 is 0. The van der Waals surface area contributed by atoms with Crippen LogP contribution in [0.25, 0.3) is 11.1 Å². The Morgan fingerprint density at radius 1 is 1.23 bits per heavy atom.